The molecule has 2 aromatic carbocycles. The number of nitrogens with zero attached hydrogens (tertiary/aromatic N) is 1. The van der Waals surface area contributed by atoms with Crippen LogP contribution in [0.3, 0.4) is 0 Å². The number of carbonyl (C=O) groups excluding carboxylic acids is 1. The van der Waals surface area contributed by atoms with Crippen LogP contribution in [0.1, 0.15) is 17.0 Å². The van der Waals surface area contributed by atoms with E-state index in [0.29, 0.717) is 13.1 Å². The van der Waals surface area contributed by atoms with Gasteiger partial charge in [0.15, 0.2) is 0 Å². The van der Waals surface area contributed by atoms with Crippen LogP contribution in [0.4, 0.5) is 18.9 Å². The minimum absolute atomic E-state index is 0. The molecule has 0 saturated carbocycles. The fourth-order valence-corrected chi connectivity index (χ4v) is 3.59. The smallest absolute Gasteiger partial charge is 0.326 e. The van der Waals surface area contributed by atoms with E-state index < -0.39 is 23.3 Å². The van der Waals surface area contributed by atoms with Crippen LogP contribution in [0.25, 0.3) is 0 Å². The quantitative estimate of drug-likeness (QED) is 0.761. The van der Waals surface area contributed by atoms with Crippen molar-refractivity contribution in [1.82, 2.24) is 4.90 Å². The van der Waals surface area contributed by atoms with Gasteiger partial charge < -0.3 is 11.1 Å². The maximum absolute atomic E-state index is 13.1. The van der Waals surface area contributed by atoms with Gasteiger partial charge in [-0.3, -0.25) is 9.69 Å². The van der Waals surface area contributed by atoms with Crippen molar-refractivity contribution in [3.63, 3.8) is 0 Å². The van der Waals surface area contributed by atoms with E-state index in [1.54, 1.807) is 0 Å². The molecule has 0 aliphatic carbocycles. The average molecular weight is 434 g/mol. The highest BCUT2D eigenvalue weighted by atomic mass is 35.5. The monoisotopic (exact) mass is 433 g/mol. The fourth-order valence-electron chi connectivity index (χ4n) is 3.36. The van der Waals surface area contributed by atoms with Crippen LogP contribution < -0.4 is 11.1 Å². The van der Waals surface area contributed by atoms with Crippen molar-refractivity contribution in [1.29, 1.82) is 0 Å². The second-order valence-electron chi connectivity index (χ2n) is 6.58. The Kier molecular flexibility index (Phi) is 7.33. The van der Waals surface area contributed by atoms with Gasteiger partial charge in [-0.05, 0) is 17.7 Å². The molecule has 1 fully saturated rings. The molecule has 1 aliphatic heterocycles. The molecule has 0 bridgehead atoms. The Balaban J connectivity index is 0.00000280. The lowest BCUT2D eigenvalue weighted by Gasteiger charge is -2.18. The summed E-state index contributed by atoms with van der Waals surface area (Å²) in [4.78, 5) is 14.2. The molecular weight excluding hydrogens is 414 g/mol. The molecule has 0 unspecified atom stereocenters. The summed E-state index contributed by atoms with van der Waals surface area (Å²) >= 11 is 5.87. The van der Waals surface area contributed by atoms with Crippen LogP contribution in [0.5, 0.6) is 0 Å². The lowest BCUT2D eigenvalue weighted by Crippen LogP contribution is -2.34. The normalized spacial score (nSPS) is 19.9. The topological polar surface area (TPSA) is 58.4 Å². The summed E-state index contributed by atoms with van der Waals surface area (Å²) in [6.07, 6.45) is -4.61. The van der Waals surface area contributed by atoms with Gasteiger partial charge in [0.1, 0.15) is 0 Å². The third kappa shape index (κ3) is 5.17. The maximum atomic E-state index is 13.1. The molecular formula is C19H20Cl2F3N3O. The number of benzene rings is 2. The molecule has 1 amide bonds. The molecule has 3 N–H and O–H groups in total. The van der Waals surface area contributed by atoms with Crippen molar-refractivity contribution >= 4 is 35.6 Å². The van der Waals surface area contributed by atoms with Gasteiger partial charge in [0, 0.05) is 25.0 Å². The number of para-hydroxylation sites is 1. The van der Waals surface area contributed by atoms with Crippen LogP contribution >= 0.6 is 24.0 Å². The average Bonchev–Trinajstić information content (AvgIpc) is 2.96. The van der Waals surface area contributed by atoms with Crippen molar-refractivity contribution < 1.29 is 18.0 Å². The van der Waals surface area contributed by atoms with Gasteiger partial charge in [-0.25, -0.2) is 0 Å². The number of anilines is 1. The molecule has 4 nitrogen and oxygen atoms in total. The van der Waals surface area contributed by atoms with Crippen molar-refractivity contribution in [2.45, 2.75) is 18.1 Å². The number of carbonyl (C=O) groups is 1. The standard InChI is InChI=1S/C19H19ClF3N3O.ClH/c20-15-8-4-7-14(19(21,22)23)18(15)25-17(27)11-26-9-13(16(24)10-26)12-5-2-1-3-6-12;/h1-8,13,16H,9-11,24H2,(H,25,27);1H/t13-,16+;/m0./s1. The van der Waals surface area contributed by atoms with Crippen LogP contribution in [0.2, 0.25) is 5.02 Å². The van der Waals surface area contributed by atoms with Gasteiger partial charge in [0.05, 0.1) is 22.8 Å². The Bertz CT molecular complexity index is 818. The van der Waals surface area contributed by atoms with E-state index in [2.05, 4.69) is 5.32 Å². The lowest BCUT2D eigenvalue weighted by molar-refractivity contribution is -0.137. The third-order valence-corrected chi connectivity index (χ3v) is 4.93. The minimum atomic E-state index is -4.61. The summed E-state index contributed by atoms with van der Waals surface area (Å²) in [5.74, 6) is -0.487. The molecule has 1 saturated heterocycles. The second-order valence-corrected chi connectivity index (χ2v) is 6.99. The van der Waals surface area contributed by atoms with E-state index in [9.17, 15) is 18.0 Å². The number of hydrogen-bond acceptors (Lipinski definition) is 3. The Morgan fingerprint density at radius 2 is 1.82 bits per heavy atom. The van der Waals surface area contributed by atoms with Crippen molar-refractivity contribution in [2.75, 3.05) is 25.0 Å². The van der Waals surface area contributed by atoms with Gasteiger partial charge in [-0.15, -0.1) is 12.4 Å². The Labute approximate surface area is 172 Å². The van der Waals surface area contributed by atoms with E-state index in [4.69, 9.17) is 17.3 Å². The van der Waals surface area contributed by atoms with Gasteiger partial charge in [0.25, 0.3) is 0 Å². The number of alkyl halides is 3. The van der Waals surface area contributed by atoms with Crippen molar-refractivity contribution in [2.24, 2.45) is 5.73 Å². The number of halogens is 5. The Morgan fingerprint density at radius 1 is 1.14 bits per heavy atom. The van der Waals surface area contributed by atoms with E-state index in [-0.39, 0.29) is 35.9 Å². The number of nitrogens with one attached hydrogen (secondary N) is 1. The van der Waals surface area contributed by atoms with E-state index in [0.717, 1.165) is 11.6 Å². The van der Waals surface area contributed by atoms with Gasteiger partial charge in [0.2, 0.25) is 5.91 Å². The predicted octanol–water partition coefficient (Wildman–Crippen LogP) is 4.15. The molecule has 1 heterocycles. The highest BCUT2D eigenvalue weighted by Crippen LogP contribution is 2.38. The number of rotatable bonds is 4. The fraction of sp³-hybridized carbons (Fsp3) is 0.316. The number of nitrogens with two attached hydrogens (primary N) is 1. The minimum Gasteiger partial charge on any atom is -0.326 e. The van der Waals surface area contributed by atoms with Gasteiger partial charge in [-0.2, -0.15) is 13.2 Å². The van der Waals surface area contributed by atoms with Crippen LogP contribution in [-0.2, 0) is 11.0 Å². The highest BCUT2D eigenvalue weighted by Gasteiger charge is 2.36. The summed E-state index contributed by atoms with van der Waals surface area (Å²) in [6.45, 7) is 0.994. The first-order valence-corrected chi connectivity index (χ1v) is 8.82. The molecule has 28 heavy (non-hydrogen) atoms. The van der Waals surface area contributed by atoms with Crippen molar-refractivity contribution in [3.8, 4) is 0 Å². The lowest BCUT2D eigenvalue weighted by atomic mass is 9.95. The first-order valence-electron chi connectivity index (χ1n) is 8.44. The second kappa shape index (κ2) is 9.13. The SMILES string of the molecule is Cl.N[C@@H]1CN(CC(=O)Nc2c(Cl)cccc2C(F)(F)F)C[C@H]1c1ccccc1. The molecule has 0 spiro atoms. The van der Waals surface area contributed by atoms with Gasteiger partial charge in [-0.1, -0.05) is 48.0 Å². The van der Waals surface area contributed by atoms with Crippen LogP contribution in [-0.4, -0.2) is 36.5 Å². The first kappa shape index (κ1) is 22.5. The molecule has 3 rings (SSSR count). The highest BCUT2D eigenvalue weighted by molar-refractivity contribution is 6.34. The third-order valence-electron chi connectivity index (χ3n) is 4.62. The maximum Gasteiger partial charge on any atom is 0.418 e. The van der Waals surface area contributed by atoms with E-state index in [1.807, 2.05) is 35.2 Å². The molecule has 2 atom stereocenters. The molecule has 2 aromatic rings. The Hall–Kier alpha value is -1.80. The number of likely N-dealkylation sites (tertiary alicyclic amines) is 1. The molecule has 1 aliphatic rings. The summed E-state index contributed by atoms with van der Waals surface area (Å²) in [6, 6.07) is 13.0. The molecule has 0 aromatic heterocycles. The summed E-state index contributed by atoms with van der Waals surface area (Å²) in [7, 11) is 0. The number of amides is 1. The largest absolute Gasteiger partial charge is 0.418 e. The zero-order chi connectivity index (χ0) is 19.6. The summed E-state index contributed by atoms with van der Waals surface area (Å²) in [5, 5.41) is 2.15. The molecule has 152 valence electrons. The number of hydrogen-bond donors (Lipinski definition) is 2. The zero-order valence-corrected chi connectivity index (χ0v) is 16.3. The predicted molar refractivity (Wildman–Crippen MR) is 106 cm³/mol. The summed E-state index contributed by atoms with van der Waals surface area (Å²) in [5.41, 5.74) is 5.89. The van der Waals surface area contributed by atoms with Crippen molar-refractivity contribution in [3.05, 3.63) is 64.7 Å². The van der Waals surface area contributed by atoms with Gasteiger partial charge >= 0.3 is 6.18 Å². The van der Waals surface area contributed by atoms with Crippen LogP contribution in [0, 0.1) is 0 Å². The molecule has 9 heteroatoms. The van der Waals surface area contributed by atoms with E-state index >= 15 is 0 Å². The van der Waals surface area contributed by atoms with Crippen LogP contribution in [0.15, 0.2) is 48.5 Å². The zero-order valence-electron chi connectivity index (χ0n) is 14.7. The Morgan fingerprint density at radius 3 is 2.46 bits per heavy atom. The van der Waals surface area contributed by atoms with E-state index in [1.165, 1.54) is 12.1 Å². The first-order chi connectivity index (χ1) is 12.8. The summed E-state index contributed by atoms with van der Waals surface area (Å²) < 4.78 is 39.4. The molecule has 0 radical (unpaired) electrons.